The van der Waals surface area contributed by atoms with Crippen molar-refractivity contribution in [3.8, 4) is 0 Å². The smallest absolute Gasteiger partial charge is 0.310 e. The van der Waals surface area contributed by atoms with E-state index in [0.29, 0.717) is 24.4 Å². The van der Waals surface area contributed by atoms with Crippen LogP contribution in [0.25, 0.3) is 0 Å². The second-order valence-corrected chi connectivity index (χ2v) is 11.2. The van der Waals surface area contributed by atoms with Crippen molar-refractivity contribution in [2.75, 3.05) is 20.1 Å². The number of rotatable bonds is 18. The van der Waals surface area contributed by atoms with E-state index in [4.69, 9.17) is 4.74 Å². The van der Waals surface area contributed by atoms with E-state index in [1.165, 1.54) is 44.9 Å². The molecule has 0 radical (unpaired) electrons. The Hall–Kier alpha value is -2.14. The number of ether oxygens (including phenoxy) is 1. The van der Waals surface area contributed by atoms with Crippen LogP contribution in [0.3, 0.4) is 0 Å². The molecular weight excluding hydrogens is 460 g/mol. The van der Waals surface area contributed by atoms with E-state index in [1.807, 2.05) is 30.3 Å². The van der Waals surface area contributed by atoms with Crippen LogP contribution in [0.2, 0.25) is 0 Å². The number of likely N-dealkylation sites (tertiary alicyclic amines) is 2. The molecule has 37 heavy (non-hydrogen) atoms. The Morgan fingerprint density at radius 3 is 2.43 bits per heavy atom. The normalized spacial score (nSPS) is 20.1. The number of esters is 1. The Kier molecular flexibility index (Phi) is 13.2. The quantitative estimate of drug-likeness (QED) is 0.125. The Morgan fingerprint density at radius 2 is 1.70 bits per heavy atom. The van der Waals surface area contributed by atoms with Crippen LogP contribution in [-0.2, 0) is 20.7 Å². The average molecular weight is 511 g/mol. The second-order valence-electron chi connectivity index (χ2n) is 11.2. The Morgan fingerprint density at radius 1 is 0.946 bits per heavy atom. The number of likely N-dealkylation sites (N-methyl/N-ethyl adjacent to an activating group) is 1. The number of carbonyl (C=O) groups is 2. The lowest BCUT2D eigenvalue weighted by atomic mass is 10.1. The summed E-state index contributed by atoms with van der Waals surface area (Å²) in [7, 11) is 2.18. The number of carbonyl (C=O) groups excluding carboxylic acids is 2. The van der Waals surface area contributed by atoms with Gasteiger partial charge in [-0.1, -0.05) is 87.9 Å². The van der Waals surface area contributed by atoms with E-state index in [-0.39, 0.29) is 12.1 Å². The van der Waals surface area contributed by atoms with Crippen molar-refractivity contribution in [3.05, 3.63) is 48.0 Å². The molecule has 206 valence electrons. The maximum absolute atomic E-state index is 12.5. The van der Waals surface area contributed by atoms with E-state index in [0.717, 1.165) is 63.6 Å². The Labute approximate surface area is 225 Å². The number of benzene rings is 1. The molecule has 0 spiro atoms. The first-order valence-corrected chi connectivity index (χ1v) is 14.9. The first-order chi connectivity index (χ1) is 18.1. The molecule has 0 saturated carbocycles. The molecule has 1 aromatic rings. The van der Waals surface area contributed by atoms with Crippen LogP contribution in [0.4, 0.5) is 0 Å². The van der Waals surface area contributed by atoms with Crippen LogP contribution < -0.4 is 0 Å². The molecule has 0 N–H and O–H groups in total. The molecule has 2 fully saturated rings. The lowest BCUT2D eigenvalue weighted by Crippen LogP contribution is -2.47. The predicted molar refractivity (Wildman–Crippen MR) is 151 cm³/mol. The van der Waals surface area contributed by atoms with Crippen LogP contribution in [0.15, 0.2) is 42.5 Å². The van der Waals surface area contributed by atoms with Crippen LogP contribution in [-0.4, -0.2) is 60.0 Å². The SMILES string of the molecule is CCCCCC[C@H](C/C=C\CCCCCCCC(=O)N1CC2CC1CN2C)OC(=O)Cc1ccccc1. The van der Waals surface area contributed by atoms with Crippen LogP contribution in [0.5, 0.6) is 0 Å². The highest BCUT2D eigenvalue weighted by molar-refractivity contribution is 5.77. The Bertz CT molecular complexity index is 823. The first-order valence-electron chi connectivity index (χ1n) is 14.9. The van der Waals surface area contributed by atoms with Gasteiger partial charge in [0, 0.05) is 38.0 Å². The third-order valence-electron chi connectivity index (χ3n) is 8.03. The number of nitrogens with zero attached hydrogens (tertiary/aromatic N) is 2. The summed E-state index contributed by atoms with van der Waals surface area (Å²) in [4.78, 5) is 29.5. The van der Waals surface area contributed by atoms with Crippen LogP contribution in [0.1, 0.15) is 102 Å². The molecule has 2 saturated heterocycles. The largest absolute Gasteiger partial charge is 0.462 e. The predicted octanol–water partition coefficient (Wildman–Crippen LogP) is 6.70. The fourth-order valence-electron chi connectivity index (χ4n) is 5.76. The number of amides is 1. The Balaban J connectivity index is 1.24. The zero-order chi connectivity index (χ0) is 26.3. The average Bonchev–Trinajstić information content (AvgIpc) is 3.47. The molecule has 1 amide bonds. The van der Waals surface area contributed by atoms with Crippen molar-refractivity contribution < 1.29 is 14.3 Å². The number of hydrogen-bond acceptors (Lipinski definition) is 4. The molecule has 5 heteroatoms. The van der Waals surface area contributed by atoms with Gasteiger partial charge in [0.05, 0.1) is 6.42 Å². The van der Waals surface area contributed by atoms with E-state index in [1.54, 1.807) is 0 Å². The zero-order valence-corrected chi connectivity index (χ0v) is 23.4. The monoisotopic (exact) mass is 510 g/mol. The molecule has 2 unspecified atom stereocenters. The summed E-state index contributed by atoms with van der Waals surface area (Å²) in [6.07, 6.45) is 20.0. The van der Waals surface area contributed by atoms with Gasteiger partial charge in [0.1, 0.15) is 6.10 Å². The van der Waals surface area contributed by atoms with Gasteiger partial charge in [-0.25, -0.2) is 0 Å². The molecule has 1 aromatic carbocycles. The fourth-order valence-corrected chi connectivity index (χ4v) is 5.76. The third-order valence-corrected chi connectivity index (χ3v) is 8.03. The molecule has 0 aliphatic carbocycles. The second kappa shape index (κ2) is 16.7. The highest BCUT2D eigenvalue weighted by Crippen LogP contribution is 2.30. The lowest BCUT2D eigenvalue weighted by Gasteiger charge is -2.32. The van der Waals surface area contributed by atoms with Gasteiger partial charge in [-0.3, -0.25) is 14.5 Å². The molecule has 2 aliphatic rings. The first kappa shape index (κ1) is 29.4. The van der Waals surface area contributed by atoms with Gasteiger partial charge in [-0.15, -0.1) is 0 Å². The van der Waals surface area contributed by atoms with Gasteiger partial charge in [-0.2, -0.15) is 0 Å². The van der Waals surface area contributed by atoms with Crippen molar-refractivity contribution in [1.29, 1.82) is 0 Å². The number of fused-ring (bicyclic) bond motifs is 2. The van der Waals surface area contributed by atoms with Gasteiger partial charge >= 0.3 is 5.97 Å². The zero-order valence-electron chi connectivity index (χ0n) is 23.4. The standard InChI is InChI=1S/C32H50N2O3/c1-3-4-5-15-20-30(37-32(36)23-27-18-13-12-14-19-27)21-16-10-8-6-7-9-11-17-22-31(35)34-26-28-24-29(34)25-33(28)2/h10,12-14,16,18-19,28-30H,3-9,11,15,17,20-26H2,1-2H3/b16-10-/t28?,29?,30-/m1/s1. The minimum absolute atomic E-state index is 0.0203. The van der Waals surface area contributed by atoms with E-state index in [9.17, 15) is 9.59 Å². The number of piperazine rings is 1. The van der Waals surface area contributed by atoms with E-state index >= 15 is 0 Å². The van der Waals surface area contributed by atoms with Gasteiger partial charge in [-0.05, 0) is 51.1 Å². The van der Waals surface area contributed by atoms with Crippen molar-refractivity contribution in [2.45, 2.75) is 121 Å². The van der Waals surface area contributed by atoms with Gasteiger partial charge < -0.3 is 9.64 Å². The third kappa shape index (κ3) is 10.6. The summed E-state index contributed by atoms with van der Waals surface area (Å²) in [5.74, 6) is 0.250. The molecule has 3 rings (SSSR count). The molecule has 2 bridgehead atoms. The molecule has 0 aromatic heterocycles. The number of allylic oxidation sites excluding steroid dienone is 1. The van der Waals surface area contributed by atoms with Gasteiger partial charge in [0.25, 0.3) is 0 Å². The fraction of sp³-hybridized carbons (Fsp3) is 0.688. The maximum atomic E-state index is 12.5. The highest BCUT2D eigenvalue weighted by atomic mass is 16.5. The minimum atomic E-state index is -0.122. The summed E-state index contributed by atoms with van der Waals surface area (Å²) in [5.41, 5.74) is 1.01. The highest BCUT2D eigenvalue weighted by Gasteiger charge is 2.43. The van der Waals surface area contributed by atoms with Gasteiger partial charge in [0.15, 0.2) is 0 Å². The maximum Gasteiger partial charge on any atom is 0.310 e. The molecular formula is C32H50N2O3. The molecule has 2 aliphatic heterocycles. The van der Waals surface area contributed by atoms with Crippen LogP contribution in [0, 0.1) is 0 Å². The molecule has 5 nitrogen and oxygen atoms in total. The summed E-state index contributed by atoms with van der Waals surface area (Å²) in [6.45, 7) is 4.22. The summed E-state index contributed by atoms with van der Waals surface area (Å²) < 4.78 is 5.86. The van der Waals surface area contributed by atoms with Crippen LogP contribution >= 0.6 is 0 Å². The topological polar surface area (TPSA) is 49.9 Å². The van der Waals surface area contributed by atoms with Gasteiger partial charge in [0.2, 0.25) is 5.91 Å². The van der Waals surface area contributed by atoms with Crippen molar-refractivity contribution in [1.82, 2.24) is 9.80 Å². The molecule has 3 atom stereocenters. The van der Waals surface area contributed by atoms with E-state index < -0.39 is 0 Å². The summed E-state index contributed by atoms with van der Waals surface area (Å²) in [6, 6.07) is 10.9. The lowest BCUT2D eigenvalue weighted by molar-refractivity contribution is -0.148. The van der Waals surface area contributed by atoms with Crippen molar-refractivity contribution in [3.63, 3.8) is 0 Å². The number of unbranched alkanes of at least 4 members (excludes halogenated alkanes) is 8. The van der Waals surface area contributed by atoms with E-state index in [2.05, 4.69) is 35.9 Å². The molecule has 2 heterocycles. The summed E-state index contributed by atoms with van der Waals surface area (Å²) >= 11 is 0. The summed E-state index contributed by atoms with van der Waals surface area (Å²) in [5, 5.41) is 0. The van der Waals surface area contributed by atoms with Crippen molar-refractivity contribution in [2.24, 2.45) is 0 Å². The van der Waals surface area contributed by atoms with Crippen molar-refractivity contribution >= 4 is 11.9 Å². The number of hydrogen-bond donors (Lipinski definition) is 0. The minimum Gasteiger partial charge on any atom is -0.462 e.